The average molecular weight is 414 g/mol. The Kier molecular flexibility index (Phi) is 6.87. The summed E-state index contributed by atoms with van der Waals surface area (Å²) < 4.78 is 2.19. The summed E-state index contributed by atoms with van der Waals surface area (Å²) in [6, 6.07) is 10.8. The maximum Gasteiger partial charge on any atom is 0.233 e. The first-order valence-corrected chi connectivity index (χ1v) is 11.7. The minimum absolute atomic E-state index is 0.109. The van der Waals surface area contributed by atoms with Crippen molar-refractivity contribution >= 4 is 17.7 Å². The SMILES string of the molecule is CC(Sc1nnc(CN2CCCC2)n1Cc1ccccc1)C(=O)NC1CCCC1. The second kappa shape index (κ2) is 9.76. The summed E-state index contributed by atoms with van der Waals surface area (Å²) in [7, 11) is 0. The minimum Gasteiger partial charge on any atom is -0.352 e. The number of rotatable bonds is 8. The Labute approximate surface area is 177 Å². The molecule has 1 unspecified atom stereocenters. The third kappa shape index (κ3) is 5.39. The lowest BCUT2D eigenvalue weighted by atomic mass is 10.2. The van der Waals surface area contributed by atoms with Crippen LogP contribution >= 0.6 is 11.8 Å². The Morgan fingerprint density at radius 2 is 1.83 bits per heavy atom. The molecule has 2 fully saturated rings. The van der Waals surface area contributed by atoms with Gasteiger partial charge >= 0.3 is 0 Å². The molecule has 4 rings (SSSR count). The fourth-order valence-corrected chi connectivity index (χ4v) is 5.07. The van der Waals surface area contributed by atoms with E-state index < -0.39 is 0 Å². The number of hydrogen-bond acceptors (Lipinski definition) is 5. The van der Waals surface area contributed by atoms with Crippen LogP contribution in [0, 0.1) is 0 Å². The third-order valence-corrected chi connectivity index (χ3v) is 6.97. The number of carbonyl (C=O) groups is 1. The quantitative estimate of drug-likeness (QED) is 0.672. The molecule has 1 saturated heterocycles. The fourth-order valence-electron chi connectivity index (χ4n) is 4.19. The van der Waals surface area contributed by atoms with Gasteiger partial charge in [0, 0.05) is 6.04 Å². The van der Waals surface area contributed by atoms with Crippen LogP contribution in [0.25, 0.3) is 0 Å². The molecule has 1 N–H and O–H groups in total. The van der Waals surface area contributed by atoms with E-state index in [2.05, 4.69) is 49.2 Å². The maximum absolute atomic E-state index is 12.7. The molecule has 1 aliphatic carbocycles. The summed E-state index contributed by atoms with van der Waals surface area (Å²) in [5, 5.41) is 12.8. The van der Waals surface area contributed by atoms with Crippen molar-refractivity contribution in [2.24, 2.45) is 0 Å². The van der Waals surface area contributed by atoms with E-state index >= 15 is 0 Å². The highest BCUT2D eigenvalue weighted by atomic mass is 32.2. The normalized spacial score (nSPS) is 18.9. The Bertz CT molecular complexity index is 797. The molecule has 1 atom stereocenters. The summed E-state index contributed by atoms with van der Waals surface area (Å²) in [4.78, 5) is 15.1. The first-order chi connectivity index (χ1) is 14.2. The number of aromatic nitrogens is 3. The summed E-state index contributed by atoms with van der Waals surface area (Å²) in [6.45, 7) is 5.78. The summed E-state index contributed by atoms with van der Waals surface area (Å²) in [6.07, 6.45) is 7.16. The largest absolute Gasteiger partial charge is 0.352 e. The Morgan fingerprint density at radius 1 is 1.10 bits per heavy atom. The van der Waals surface area contributed by atoms with E-state index in [1.54, 1.807) is 0 Å². The van der Waals surface area contributed by atoms with Gasteiger partial charge in [0.25, 0.3) is 0 Å². The predicted molar refractivity (Wildman–Crippen MR) is 116 cm³/mol. The van der Waals surface area contributed by atoms with Crippen molar-refractivity contribution in [1.29, 1.82) is 0 Å². The van der Waals surface area contributed by atoms with Gasteiger partial charge in [-0.1, -0.05) is 54.9 Å². The van der Waals surface area contributed by atoms with Crippen molar-refractivity contribution in [1.82, 2.24) is 25.0 Å². The summed E-state index contributed by atoms with van der Waals surface area (Å²) in [5.74, 6) is 1.10. The lowest BCUT2D eigenvalue weighted by Gasteiger charge is -2.18. The van der Waals surface area contributed by atoms with Gasteiger partial charge in [-0.25, -0.2) is 0 Å². The van der Waals surface area contributed by atoms with Crippen molar-refractivity contribution < 1.29 is 4.79 Å². The van der Waals surface area contributed by atoms with E-state index in [0.29, 0.717) is 6.04 Å². The van der Waals surface area contributed by atoms with Gasteiger partial charge in [-0.05, 0) is 51.3 Å². The molecule has 29 heavy (non-hydrogen) atoms. The molecule has 1 aliphatic heterocycles. The zero-order valence-electron chi connectivity index (χ0n) is 17.2. The highest BCUT2D eigenvalue weighted by molar-refractivity contribution is 8.00. The van der Waals surface area contributed by atoms with Crippen LogP contribution < -0.4 is 5.32 Å². The van der Waals surface area contributed by atoms with Crippen LogP contribution in [0.4, 0.5) is 0 Å². The average Bonchev–Trinajstić information content (AvgIpc) is 3.48. The molecule has 6 nitrogen and oxygen atoms in total. The van der Waals surface area contributed by atoms with Gasteiger partial charge in [0.05, 0.1) is 18.3 Å². The predicted octanol–water partition coefficient (Wildman–Crippen LogP) is 3.46. The molecule has 0 bridgehead atoms. The number of hydrogen-bond donors (Lipinski definition) is 1. The molecule has 1 aromatic carbocycles. The van der Waals surface area contributed by atoms with E-state index in [1.165, 1.54) is 43.0 Å². The number of nitrogens with zero attached hydrogens (tertiary/aromatic N) is 4. The smallest absolute Gasteiger partial charge is 0.233 e. The summed E-state index contributed by atoms with van der Waals surface area (Å²) >= 11 is 1.52. The Morgan fingerprint density at radius 3 is 2.55 bits per heavy atom. The molecule has 0 spiro atoms. The van der Waals surface area contributed by atoms with Gasteiger partial charge in [-0.15, -0.1) is 10.2 Å². The van der Waals surface area contributed by atoms with Crippen molar-refractivity contribution in [2.45, 2.75) is 75.0 Å². The van der Waals surface area contributed by atoms with Crippen LogP contribution in [-0.4, -0.2) is 50.0 Å². The number of carbonyl (C=O) groups excluding carboxylic acids is 1. The minimum atomic E-state index is -0.186. The molecule has 7 heteroatoms. The number of likely N-dealkylation sites (tertiary alicyclic amines) is 1. The molecular formula is C22H31N5OS. The van der Waals surface area contributed by atoms with Crippen molar-refractivity contribution in [3.8, 4) is 0 Å². The molecule has 2 aromatic rings. The van der Waals surface area contributed by atoms with Gasteiger partial charge in [0.15, 0.2) is 5.16 Å². The molecule has 1 amide bonds. The first kappa shape index (κ1) is 20.4. The monoisotopic (exact) mass is 413 g/mol. The van der Waals surface area contributed by atoms with Crippen LogP contribution in [0.5, 0.6) is 0 Å². The fraction of sp³-hybridized carbons (Fsp3) is 0.591. The van der Waals surface area contributed by atoms with Crippen molar-refractivity contribution in [2.75, 3.05) is 13.1 Å². The van der Waals surface area contributed by atoms with Gasteiger partial charge in [-0.3, -0.25) is 9.69 Å². The zero-order valence-corrected chi connectivity index (χ0v) is 18.0. The van der Waals surface area contributed by atoms with E-state index in [9.17, 15) is 4.79 Å². The molecule has 2 aliphatic rings. The van der Waals surface area contributed by atoms with E-state index in [-0.39, 0.29) is 11.2 Å². The van der Waals surface area contributed by atoms with Gasteiger partial charge in [-0.2, -0.15) is 0 Å². The number of benzene rings is 1. The van der Waals surface area contributed by atoms with Crippen LogP contribution in [0.2, 0.25) is 0 Å². The second-order valence-corrected chi connectivity index (χ2v) is 9.51. The highest BCUT2D eigenvalue weighted by Crippen LogP contribution is 2.26. The van der Waals surface area contributed by atoms with E-state index in [0.717, 1.165) is 50.0 Å². The standard InChI is InChI=1S/C22H31N5OS/c1-17(21(28)23-19-11-5-6-12-19)29-22-25-24-20(16-26-13-7-8-14-26)27(22)15-18-9-3-2-4-10-18/h2-4,9-10,17,19H,5-8,11-16H2,1H3,(H,23,28). The van der Waals surface area contributed by atoms with Gasteiger partial charge in [0.2, 0.25) is 5.91 Å². The maximum atomic E-state index is 12.7. The van der Waals surface area contributed by atoms with Crippen LogP contribution in [0.15, 0.2) is 35.5 Å². The topological polar surface area (TPSA) is 63.1 Å². The number of nitrogens with one attached hydrogen (secondary N) is 1. The molecule has 2 heterocycles. The number of amides is 1. The Balaban J connectivity index is 1.48. The van der Waals surface area contributed by atoms with Gasteiger partial charge in [0.1, 0.15) is 5.82 Å². The lowest BCUT2D eigenvalue weighted by molar-refractivity contribution is -0.120. The first-order valence-electron chi connectivity index (χ1n) is 10.8. The molecular weight excluding hydrogens is 382 g/mol. The van der Waals surface area contributed by atoms with E-state index in [4.69, 9.17) is 0 Å². The number of thioether (sulfide) groups is 1. The molecule has 156 valence electrons. The van der Waals surface area contributed by atoms with Gasteiger partial charge < -0.3 is 9.88 Å². The molecule has 1 saturated carbocycles. The lowest BCUT2D eigenvalue weighted by Crippen LogP contribution is -2.37. The van der Waals surface area contributed by atoms with Crippen LogP contribution in [0.3, 0.4) is 0 Å². The third-order valence-electron chi connectivity index (χ3n) is 5.89. The molecule has 1 aromatic heterocycles. The van der Waals surface area contributed by atoms with Crippen LogP contribution in [0.1, 0.15) is 56.8 Å². The Hall–Kier alpha value is -1.86. The zero-order chi connectivity index (χ0) is 20.1. The second-order valence-electron chi connectivity index (χ2n) is 8.20. The highest BCUT2D eigenvalue weighted by Gasteiger charge is 2.24. The van der Waals surface area contributed by atoms with Crippen molar-refractivity contribution in [3.63, 3.8) is 0 Å². The summed E-state index contributed by atoms with van der Waals surface area (Å²) in [5.41, 5.74) is 1.22. The van der Waals surface area contributed by atoms with E-state index in [1.807, 2.05) is 13.0 Å². The molecule has 0 radical (unpaired) electrons. The van der Waals surface area contributed by atoms with Crippen LogP contribution in [-0.2, 0) is 17.9 Å². The van der Waals surface area contributed by atoms with Crippen molar-refractivity contribution in [3.05, 3.63) is 41.7 Å².